The Hall–Kier alpha value is -3.26. The van der Waals surface area contributed by atoms with Crippen LogP contribution in [0.4, 0.5) is 0 Å². The molecule has 8 heteroatoms. The maximum atomic E-state index is 13.9. The van der Waals surface area contributed by atoms with Gasteiger partial charge in [0.05, 0.1) is 17.5 Å². The molecule has 196 valence electrons. The highest BCUT2D eigenvalue weighted by atomic mass is 16.1. The highest BCUT2D eigenvalue weighted by molar-refractivity contribution is 5.79. The van der Waals surface area contributed by atoms with Crippen LogP contribution in [0.5, 0.6) is 0 Å². The lowest BCUT2D eigenvalue weighted by Gasteiger charge is -2.48. The van der Waals surface area contributed by atoms with Gasteiger partial charge in [-0.2, -0.15) is 0 Å². The van der Waals surface area contributed by atoms with Crippen molar-refractivity contribution in [2.45, 2.75) is 75.7 Å². The average Bonchev–Trinajstić information content (AvgIpc) is 3.83. The number of nitrogens with zero attached hydrogens (tertiary/aromatic N) is 6. The van der Waals surface area contributed by atoms with E-state index >= 15 is 0 Å². The van der Waals surface area contributed by atoms with Crippen LogP contribution in [0.1, 0.15) is 86.5 Å². The van der Waals surface area contributed by atoms with Gasteiger partial charge in [0.1, 0.15) is 23.5 Å². The Morgan fingerprint density at radius 1 is 1.11 bits per heavy atom. The molecule has 3 saturated carbocycles. The number of fused-ring (bicyclic) bond motifs is 1. The molecule has 0 atom stereocenters. The zero-order chi connectivity index (χ0) is 25.5. The van der Waals surface area contributed by atoms with E-state index in [1.807, 2.05) is 11.6 Å². The molecule has 4 heterocycles. The normalized spacial score (nSPS) is 22.1. The van der Waals surface area contributed by atoms with E-state index in [2.05, 4.69) is 55.1 Å². The number of aromatic amines is 1. The zero-order valence-electron chi connectivity index (χ0n) is 22.1. The van der Waals surface area contributed by atoms with Crippen molar-refractivity contribution in [3.05, 3.63) is 69.9 Å². The molecule has 0 unspecified atom stereocenters. The Morgan fingerprint density at radius 3 is 2.63 bits per heavy atom. The first-order valence-corrected chi connectivity index (χ1v) is 14.4. The minimum absolute atomic E-state index is 0.0149. The van der Waals surface area contributed by atoms with Crippen LogP contribution in [0.25, 0.3) is 16.7 Å². The molecule has 3 aromatic heterocycles. The van der Waals surface area contributed by atoms with Gasteiger partial charge in [0.25, 0.3) is 5.56 Å². The predicted octanol–water partition coefficient (Wildman–Crippen LogP) is 4.57. The van der Waals surface area contributed by atoms with Gasteiger partial charge in [0.15, 0.2) is 0 Å². The summed E-state index contributed by atoms with van der Waals surface area (Å²) >= 11 is 0. The van der Waals surface area contributed by atoms with E-state index in [0.717, 1.165) is 55.3 Å². The lowest BCUT2D eigenvalue weighted by atomic mass is 9.56. The molecule has 1 spiro atoms. The molecule has 1 saturated heterocycles. The highest BCUT2D eigenvalue weighted by Crippen LogP contribution is 2.70. The van der Waals surface area contributed by atoms with Gasteiger partial charge in [0.2, 0.25) is 0 Å². The summed E-state index contributed by atoms with van der Waals surface area (Å²) in [6.45, 7) is 3.01. The van der Waals surface area contributed by atoms with Gasteiger partial charge in [-0.1, -0.05) is 18.6 Å². The average molecular weight is 510 g/mol. The second-order valence-corrected chi connectivity index (χ2v) is 12.5. The number of benzene rings is 1. The number of piperidine rings is 1. The number of H-pyrrole nitrogens is 1. The number of hydrogen-bond donors (Lipinski definition) is 1. The monoisotopic (exact) mass is 509 g/mol. The second-order valence-electron chi connectivity index (χ2n) is 12.5. The summed E-state index contributed by atoms with van der Waals surface area (Å²) in [4.78, 5) is 24.8. The number of aromatic nitrogens is 6. The molecule has 3 aliphatic carbocycles. The number of pyridine rings is 1. The molecule has 8 rings (SSSR count). The fourth-order valence-corrected chi connectivity index (χ4v) is 7.37. The van der Waals surface area contributed by atoms with Crippen molar-refractivity contribution >= 4 is 11.0 Å². The van der Waals surface area contributed by atoms with Gasteiger partial charge in [-0.15, -0.1) is 10.2 Å². The van der Waals surface area contributed by atoms with Crippen LogP contribution < -0.4 is 5.56 Å². The molecule has 8 nitrogen and oxygen atoms in total. The predicted molar refractivity (Wildman–Crippen MR) is 145 cm³/mol. The summed E-state index contributed by atoms with van der Waals surface area (Å²) in [6, 6.07) is 8.60. The van der Waals surface area contributed by atoms with Crippen molar-refractivity contribution in [1.82, 2.24) is 34.2 Å². The van der Waals surface area contributed by atoms with Crippen molar-refractivity contribution in [3.63, 3.8) is 0 Å². The van der Waals surface area contributed by atoms with E-state index in [1.54, 1.807) is 6.33 Å². The molecule has 1 N–H and O–H groups in total. The molecule has 0 amide bonds. The maximum Gasteiger partial charge on any atom is 0.281 e. The molecule has 4 fully saturated rings. The van der Waals surface area contributed by atoms with E-state index in [0.29, 0.717) is 16.8 Å². The summed E-state index contributed by atoms with van der Waals surface area (Å²) in [7, 11) is 2.04. The Labute approximate surface area is 222 Å². The molecule has 0 bridgehead atoms. The van der Waals surface area contributed by atoms with Gasteiger partial charge in [-0.3, -0.25) is 14.3 Å². The first-order valence-electron chi connectivity index (χ1n) is 14.4. The molecule has 4 aliphatic rings. The third-order valence-corrected chi connectivity index (χ3v) is 9.69. The molecule has 4 aromatic rings. The van der Waals surface area contributed by atoms with Gasteiger partial charge >= 0.3 is 0 Å². The number of rotatable bonds is 6. The third-order valence-electron chi connectivity index (χ3n) is 9.69. The summed E-state index contributed by atoms with van der Waals surface area (Å²) in [5.74, 6) is 2.44. The Kier molecular flexibility index (Phi) is 4.85. The van der Waals surface area contributed by atoms with Crippen LogP contribution in [-0.4, -0.2) is 47.3 Å². The van der Waals surface area contributed by atoms with Crippen LogP contribution in [0.3, 0.4) is 0 Å². The lowest BCUT2D eigenvalue weighted by Crippen LogP contribution is -2.45. The largest absolute Gasteiger partial charge is 0.336 e. The molecule has 1 aliphatic heterocycles. The summed E-state index contributed by atoms with van der Waals surface area (Å²) < 4.78 is 3.93. The summed E-state index contributed by atoms with van der Waals surface area (Å²) in [5, 5.41) is 8.78. The van der Waals surface area contributed by atoms with Crippen molar-refractivity contribution < 1.29 is 0 Å². The highest BCUT2D eigenvalue weighted by Gasteiger charge is 2.63. The van der Waals surface area contributed by atoms with Gasteiger partial charge in [0, 0.05) is 24.5 Å². The van der Waals surface area contributed by atoms with Crippen molar-refractivity contribution in [2.24, 2.45) is 12.5 Å². The molecule has 38 heavy (non-hydrogen) atoms. The van der Waals surface area contributed by atoms with E-state index in [-0.39, 0.29) is 11.0 Å². The number of likely N-dealkylation sites (tertiary alicyclic amines) is 1. The van der Waals surface area contributed by atoms with Gasteiger partial charge in [-0.25, -0.2) is 4.98 Å². The van der Waals surface area contributed by atoms with Gasteiger partial charge in [-0.05, 0) is 93.5 Å². The second kappa shape index (κ2) is 8.12. The fourth-order valence-electron chi connectivity index (χ4n) is 7.37. The molecular formula is C30H35N7O. The smallest absolute Gasteiger partial charge is 0.281 e. The van der Waals surface area contributed by atoms with E-state index in [9.17, 15) is 4.79 Å². The van der Waals surface area contributed by atoms with Crippen LogP contribution >= 0.6 is 0 Å². The van der Waals surface area contributed by atoms with Crippen molar-refractivity contribution in [1.29, 1.82) is 0 Å². The number of imidazole rings is 1. The topological polar surface area (TPSA) is 84.6 Å². The van der Waals surface area contributed by atoms with Crippen LogP contribution in [-0.2, 0) is 19.0 Å². The number of hydrogen-bond acceptors (Lipinski definition) is 5. The zero-order valence-corrected chi connectivity index (χ0v) is 22.1. The van der Waals surface area contributed by atoms with E-state index < -0.39 is 0 Å². The Morgan fingerprint density at radius 2 is 1.92 bits per heavy atom. The molecular weight excluding hydrogens is 474 g/mol. The van der Waals surface area contributed by atoms with Crippen molar-refractivity contribution in [3.8, 4) is 5.69 Å². The first kappa shape index (κ1) is 22.7. The van der Waals surface area contributed by atoms with Gasteiger partial charge < -0.3 is 9.55 Å². The van der Waals surface area contributed by atoms with E-state index in [1.165, 1.54) is 56.1 Å². The maximum absolute atomic E-state index is 13.9. The quantitative estimate of drug-likeness (QED) is 0.412. The molecule has 0 radical (unpaired) electrons. The Balaban J connectivity index is 1.22. The summed E-state index contributed by atoms with van der Waals surface area (Å²) in [6.07, 6.45) is 14.9. The standard InChI is InChI=1S/C30H35N7O/c1-35-19-31-34-28(35)30(17-29(18-30)10-11-29)21-6-5-7-22(14-21)37-15-23(20-8-9-20)25-26(27(37)38)33-24(32-25)16-36-12-3-2-4-13-36/h5-7,14-15,19-20H,2-4,8-13,16-18H2,1H3,(H,32,33). The molecule has 1 aromatic carbocycles. The van der Waals surface area contributed by atoms with Crippen molar-refractivity contribution in [2.75, 3.05) is 13.1 Å². The van der Waals surface area contributed by atoms with Crippen LogP contribution in [0.2, 0.25) is 0 Å². The first-order chi connectivity index (χ1) is 18.5. The third kappa shape index (κ3) is 3.52. The Bertz CT molecular complexity index is 1590. The lowest BCUT2D eigenvalue weighted by molar-refractivity contribution is 0.145. The fraction of sp³-hybridized carbons (Fsp3) is 0.533. The summed E-state index contributed by atoms with van der Waals surface area (Å²) in [5.41, 5.74) is 5.21. The number of aryl methyl sites for hydroxylation is 1. The number of nitrogens with one attached hydrogen (secondary N) is 1. The minimum Gasteiger partial charge on any atom is -0.336 e. The van der Waals surface area contributed by atoms with Crippen LogP contribution in [0, 0.1) is 5.41 Å². The minimum atomic E-state index is -0.139. The SMILES string of the molecule is Cn1cnnc1C1(c2cccc(-n3cc(C4CC4)c4nc(CN5CCCCC5)[nH]c4c3=O)c2)CC2(CC2)C1. The van der Waals surface area contributed by atoms with E-state index in [4.69, 9.17) is 4.98 Å². The van der Waals surface area contributed by atoms with Crippen LogP contribution in [0.15, 0.2) is 41.6 Å².